The average Bonchev–Trinajstić information content (AvgIpc) is 2.90. The Bertz CT molecular complexity index is 1100. The van der Waals surface area contributed by atoms with Gasteiger partial charge in [-0.25, -0.2) is 0 Å². The van der Waals surface area contributed by atoms with Crippen LogP contribution < -0.4 is 16.0 Å². The molecule has 2 heterocycles. The van der Waals surface area contributed by atoms with Crippen LogP contribution in [0.15, 0.2) is 73.1 Å². The molecule has 3 N–H and O–H groups in total. The van der Waals surface area contributed by atoms with Crippen LogP contribution in [-0.4, -0.2) is 28.7 Å². The molecule has 1 aliphatic heterocycles. The van der Waals surface area contributed by atoms with Crippen LogP contribution in [0, 0.1) is 0 Å². The maximum atomic E-state index is 12.4. The van der Waals surface area contributed by atoms with E-state index >= 15 is 0 Å². The molecule has 1 atom stereocenters. The number of anilines is 2. The van der Waals surface area contributed by atoms with Gasteiger partial charge in [0, 0.05) is 24.5 Å². The summed E-state index contributed by atoms with van der Waals surface area (Å²) < 4.78 is 0. The van der Waals surface area contributed by atoms with Crippen molar-refractivity contribution in [1.29, 1.82) is 0 Å². The molecule has 0 saturated carbocycles. The summed E-state index contributed by atoms with van der Waals surface area (Å²) >= 11 is 0. The van der Waals surface area contributed by atoms with E-state index in [-0.39, 0.29) is 30.6 Å². The van der Waals surface area contributed by atoms with Gasteiger partial charge in [-0.2, -0.15) is 0 Å². The van der Waals surface area contributed by atoms with Gasteiger partial charge < -0.3 is 16.0 Å². The fourth-order valence-electron chi connectivity index (χ4n) is 3.46. The third-order valence-electron chi connectivity index (χ3n) is 5.11. The lowest BCUT2D eigenvalue weighted by atomic mass is 10.1. The Balaban J connectivity index is 1.30. The molecule has 3 aromatic rings. The number of carbonyl (C=O) groups excluding carboxylic acids is 3. The normalized spacial score (nSPS) is 15.3. The quantitative estimate of drug-likeness (QED) is 0.577. The van der Waals surface area contributed by atoms with E-state index in [0.29, 0.717) is 16.9 Å². The molecule has 4 rings (SSSR count). The van der Waals surface area contributed by atoms with Crippen LogP contribution >= 0.6 is 0 Å². The number of nitrogens with zero attached hydrogens (tertiary/aromatic N) is 1. The van der Waals surface area contributed by atoms with Crippen molar-refractivity contribution >= 4 is 29.1 Å². The van der Waals surface area contributed by atoms with E-state index in [9.17, 15) is 14.4 Å². The molecule has 2 aromatic carbocycles. The monoisotopic (exact) mass is 414 g/mol. The maximum Gasteiger partial charge on any atom is 0.254 e. The number of nitrogens with one attached hydrogen (secondary N) is 3. The van der Waals surface area contributed by atoms with Gasteiger partial charge in [-0.3, -0.25) is 19.4 Å². The fraction of sp³-hybridized carbons (Fsp3) is 0.167. The summed E-state index contributed by atoms with van der Waals surface area (Å²) in [5.41, 5.74) is 3.86. The molecule has 0 saturated heterocycles. The minimum absolute atomic E-state index is 0.105. The highest BCUT2D eigenvalue weighted by Gasteiger charge is 2.27. The highest BCUT2D eigenvalue weighted by molar-refractivity contribution is 6.10. The van der Waals surface area contributed by atoms with Gasteiger partial charge in [0.2, 0.25) is 11.8 Å². The molecule has 1 aromatic heterocycles. The summed E-state index contributed by atoms with van der Waals surface area (Å²) in [7, 11) is 0. The number of fused-ring (bicyclic) bond motifs is 1. The second-order valence-electron chi connectivity index (χ2n) is 7.38. The van der Waals surface area contributed by atoms with Crippen molar-refractivity contribution in [1.82, 2.24) is 10.3 Å². The zero-order chi connectivity index (χ0) is 21.6. The largest absolute Gasteiger partial charge is 0.340 e. The Morgan fingerprint density at radius 3 is 2.42 bits per heavy atom. The highest BCUT2D eigenvalue weighted by Crippen LogP contribution is 2.19. The number of aromatic nitrogens is 1. The molecule has 156 valence electrons. The van der Waals surface area contributed by atoms with Crippen LogP contribution in [0.3, 0.4) is 0 Å². The van der Waals surface area contributed by atoms with E-state index in [1.165, 1.54) is 0 Å². The van der Waals surface area contributed by atoms with Gasteiger partial charge >= 0.3 is 0 Å². The Morgan fingerprint density at radius 1 is 0.935 bits per heavy atom. The van der Waals surface area contributed by atoms with Crippen LogP contribution in [0.1, 0.15) is 34.3 Å². The first kappa shape index (κ1) is 20.3. The zero-order valence-corrected chi connectivity index (χ0v) is 16.8. The first-order valence-electron chi connectivity index (χ1n) is 10.1. The van der Waals surface area contributed by atoms with Crippen molar-refractivity contribution in [2.75, 3.05) is 10.6 Å². The summed E-state index contributed by atoms with van der Waals surface area (Å²) in [6, 6.07) is 17.6. The Kier molecular flexibility index (Phi) is 6.03. The first-order chi connectivity index (χ1) is 15.1. The molecule has 0 unspecified atom stereocenters. The van der Waals surface area contributed by atoms with Gasteiger partial charge in [0.1, 0.15) is 6.04 Å². The number of hydrogen-bond acceptors (Lipinski definition) is 4. The maximum absolute atomic E-state index is 12.4. The molecule has 0 fully saturated rings. The van der Waals surface area contributed by atoms with Gasteiger partial charge in [-0.15, -0.1) is 0 Å². The Hall–Kier alpha value is -4.00. The minimum atomic E-state index is -0.770. The predicted molar refractivity (Wildman–Crippen MR) is 118 cm³/mol. The van der Waals surface area contributed by atoms with Gasteiger partial charge in [-0.1, -0.05) is 24.3 Å². The van der Waals surface area contributed by atoms with Crippen LogP contribution in [0.4, 0.5) is 11.4 Å². The fourth-order valence-corrected chi connectivity index (χ4v) is 3.46. The van der Waals surface area contributed by atoms with Crippen molar-refractivity contribution in [3.63, 3.8) is 0 Å². The molecule has 0 bridgehead atoms. The van der Waals surface area contributed by atoms with Crippen molar-refractivity contribution < 1.29 is 14.4 Å². The van der Waals surface area contributed by atoms with E-state index in [0.717, 1.165) is 17.5 Å². The first-order valence-corrected chi connectivity index (χ1v) is 10.1. The molecule has 7 nitrogen and oxygen atoms in total. The topological polar surface area (TPSA) is 100 Å². The van der Waals surface area contributed by atoms with Gasteiger partial charge in [0.05, 0.1) is 11.3 Å². The number of rotatable bonds is 6. The molecule has 1 aliphatic rings. The molecule has 31 heavy (non-hydrogen) atoms. The lowest BCUT2D eigenvalue weighted by Crippen LogP contribution is -2.41. The number of amides is 3. The SMILES string of the molecule is O=C(CC[C@H]1NC(=O)c2ccccc2NC1=O)Nc1ccc(Cc2ccncc2)cc1. The molecule has 7 heteroatoms. The van der Waals surface area contributed by atoms with Crippen molar-refractivity contribution in [2.24, 2.45) is 0 Å². The van der Waals surface area contributed by atoms with Gasteiger partial charge in [0.25, 0.3) is 5.91 Å². The predicted octanol–water partition coefficient (Wildman–Crippen LogP) is 3.14. The Labute approximate surface area is 179 Å². The lowest BCUT2D eigenvalue weighted by Gasteiger charge is -2.14. The Morgan fingerprint density at radius 2 is 1.65 bits per heavy atom. The standard InChI is InChI=1S/C24H22N4O3/c29-22(26-18-7-5-16(6-8-18)15-17-11-13-25-14-12-17)10-9-21-24(31)27-20-4-2-1-3-19(20)23(30)28-21/h1-8,11-14,21H,9-10,15H2,(H,26,29)(H,27,31)(H,28,30)/t21-/m1/s1. The van der Waals surface area contributed by atoms with E-state index < -0.39 is 6.04 Å². The summed E-state index contributed by atoms with van der Waals surface area (Å²) in [4.78, 5) is 41.1. The van der Waals surface area contributed by atoms with E-state index in [1.807, 2.05) is 36.4 Å². The number of hydrogen-bond donors (Lipinski definition) is 3. The summed E-state index contributed by atoms with van der Waals surface area (Å²) in [6.45, 7) is 0. The van der Waals surface area contributed by atoms with Crippen molar-refractivity contribution in [3.05, 3.63) is 89.7 Å². The van der Waals surface area contributed by atoms with Crippen molar-refractivity contribution in [2.45, 2.75) is 25.3 Å². The van der Waals surface area contributed by atoms with E-state index in [4.69, 9.17) is 0 Å². The molecule has 0 aliphatic carbocycles. The molecule has 3 amide bonds. The average molecular weight is 414 g/mol. The summed E-state index contributed by atoms with van der Waals surface area (Å²) in [6.07, 6.45) is 4.62. The molecular formula is C24H22N4O3. The third kappa shape index (κ3) is 5.14. The van der Waals surface area contributed by atoms with Crippen LogP contribution in [0.25, 0.3) is 0 Å². The second kappa shape index (κ2) is 9.21. The minimum Gasteiger partial charge on any atom is -0.340 e. The van der Waals surface area contributed by atoms with Crippen molar-refractivity contribution in [3.8, 4) is 0 Å². The number of benzene rings is 2. The lowest BCUT2D eigenvalue weighted by molar-refractivity contribution is -0.118. The number of carbonyl (C=O) groups is 3. The number of para-hydroxylation sites is 1. The van der Waals surface area contributed by atoms with E-state index in [1.54, 1.807) is 36.7 Å². The highest BCUT2D eigenvalue weighted by atomic mass is 16.2. The third-order valence-corrected chi connectivity index (χ3v) is 5.11. The zero-order valence-electron chi connectivity index (χ0n) is 16.8. The smallest absolute Gasteiger partial charge is 0.254 e. The molecular weight excluding hydrogens is 392 g/mol. The molecule has 0 spiro atoms. The van der Waals surface area contributed by atoms with E-state index in [2.05, 4.69) is 20.9 Å². The summed E-state index contributed by atoms with van der Waals surface area (Å²) in [5, 5.41) is 8.28. The van der Waals surface area contributed by atoms with Crippen LogP contribution in [0.5, 0.6) is 0 Å². The number of pyridine rings is 1. The van der Waals surface area contributed by atoms with Crippen LogP contribution in [-0.2, 0) is 16.0 Å². The second-order valence-corrected chi connectivity index (χ2v) is 7.38. The summed E-state index contributed by atoms with van der Waals surface area (Å²) in [5.74, 6) is -0.874. The van der Waals surface area contributed by atoms with Gasteiger partial charge in [0.15, 0.2) is 0 Å². The van der Waals surface area contributed by atoms with Gasteiger partial charge in [-0.05, 0) is 60.4 Å². The van der Waals surface area contributed by atoms with Crippen LogP contribution in [0.2, 0.25) is 0 Å². The molecule has 0 radical (unpaired) electrons.